The molecule has 1 N–H and O–H groups in total. The first-order valence-electron chi connectivity index (χ1n) is 8.58. The van der Waals surface area contributed by atoms with E-state index in [4.69, 9.17) is 0 Å². The van der Waals surface area contributed by atoms with Crippen molar-refractivity contribution in [3.63, 3.8) is 0 Å². The van der Waals surface area contributed by atoms with Crippen molar-refractivity contribution in [3.05, 3.63) is 34.3 Å². The molecule has 2 rings (SSSR count). The maximum atomic E-state index is 3.83. The van der Waals surface area contributed by atoms with Crippen LogP contribution in [0.4, 0.5) is 0 Å². The molecule has 4 atom stereocenters. The molecule has 4 unspecified atom stereocenters. The number of rotatable bonds is 6. The van der Waals surface area contributed by atoms with E-state index in [0.717, 1.165) is 30.7 Å². The summed E-state index contributed by atoms with van der Waals surface area (Å²) in [5.41, 5.74) is 1.45. The van der Waals surface area contributed by atoms with Crippen LogP contribution in [0.2, 0.25) is 0 Å². The maximum absolute atomic E-state index is 3.83. The minimum atomic E-state index is 0.634. The summed E-state index contributed by atoms with van der Waals surface area (Å²) in [5.74, 6) is 2.61. The molecule has 1 fully saturated rings. The van der Waals surface area contributed by atoms with Crippen LogP contribution in [-0.2, 0) is 6.42 Å². The van der Waals surface area contributed by atoms with Gasteiger partial charge in [-0.1, -0.05) is 55.3 Å². The Morgan fingerprint density at radius 1 is 1.24 bits per heavy atom. The molecule has 0 radical (unpaired) electrons. The summed E-state index contributed by atoms with van der Waals surface area (Å²) >= 11 is 3.60. The molecule has 1 aliphatic carbocycles. The molecule has 0 spiro atoms. The van der Waals surface area contributed by atoms with Crippen molar-refractivity contribution in [3.8, 4) is 0 Å². The third-order valence-corrected chi connectivity index (χ3v) is 5.70. The highest BCUT2D eigenvalue weighted by Crippen LogP contribution is 2.35. The van der Waals surface area contributed by atoms with E-state index in [2.05, 4.69) is 66.3 Å². The van der Waals surface area contributed by atoms with Gasteiger partial charge < -0.3 is 5.32 Å². The van der Waals surface area contributed by atoms with Gasteiger partial charge in [0.1, 0.15) is 0 Å². The van der Waals surface area contributed by atoms with Crippen molar-refractivity contribution in [2.24, 2.45) is 17.8 Å². The van der Waals surface area contributed by atoms with Crippen LogP contribution in [0.3, 0.4) is 0 Å². The molecule has 118 valence electrons. The smallest absolute Gasteiger partial charge is 0.0178 e. The summed E-state index contributed by atoms with van der Waals surface area (Å²) < 4.78 is 1.19. The number of benzene rings is 1. The molecule has 0 saturated heterocycles. The Balaban J connectivity index is 2.03. The van der Waals surface area contributed by atoms with Crippen LogP contribution in [0.5, 0.6) is 0 Å². The topological polar surface area (TPSA) is 12.0 Å². The maximum Gasteiger partial charge on any atom is 0.0178 e. The molecule has 0 heterocycles. The predicted octanol–water partition coefficient (Wildman–Crippen LogP) is 5.43. The fourth-order valence-corrected chi connectivity index (χ4v) is 4.05. The molecular formula is C19H30BrN. The summed E-state index contributed by atoms with van der Waals surface area (Å²) in [6.45, 7) is 8.25. The van der Waals surface area contributed by atoms with Crippen LogP contribution in [0.25, 0.3) is 0 Å². The van der Waals surface area contributed by atoms with Gasteiger partial charge in [-0.2, -0.15) is 0 Å². The molecule has 1 aliphatic rings. The zero-order chi connectivity index (χ0) is 15.2. The van der Waals surface area contributed by atoms with E-state index >= 15 is 0 Å². The summed E-state index contributed by atoms with van der Waals surface area (Å²) in [5, 5.41) is 3.83. The van der Waals surface area contributed by atoms with Gasteiger partial charge in [-0.3, -0.25) is 0 Å². The Morgan fingerprint density at radius 3 is 2.71 bits per heavy atom. The monoisotopic (exact) mass is 351 g/mol. The lowest BCUT2D eigenvalue weighted by atomic mass is 9.72. The second-order valence-electron chi connectivity index (χ2n) is 6.92. The van der Waals surface area contributed by atoms with Gasteiger partial charge in [0.25, 0.3) is 0 Å². The van der Waals surface area contributed by atoms with E-state index in [0.29, 0.717) is 6.04 Å². The average molecular weight is 352 g/mol. The molecule has 1 nitrogen and oxygen atoms in total. The molecular weight excluding hydrogens is 322 g/mol. The van der Waals surface area contributed by atoms with Gasteiger partial charge in [-0.05, 0) is 67.7 Å². The van der Waals surface area contributed by atoms with E-state index < -0.39 is 0 Å². The molecule has 1 aromatic rings. The fourth-order valence-electron chi connectivity index (χ4n) is 3.61. The normalized spacial score (nSPS) is 27.5. The Hall–Kier alpha value is -0.340. The van der Waals surface area contributed by atoms with Crippen LogP contribution in [0.1, 0.15) is 52.0 Å². The van der Waals surface area contributed by atoms with Crippen molar-refractivity contribution >= 4 is 15.9 Å². The van der Waals surface area contributed by atoms with Gasteiger partial charge in [0.15, 0.2) is 0 Å². The predicted molar refractivity (Wildman–Crippen MR) is 95.6 cm³/mol. The van der Waals surface area contributed by atoms with Crippen LogP contribution in [-0.4, -0.2) is 12.6 Å². The molecule has 1 saturated carbocycles. The summed E-state index contributed by atoms with van der Waals surface area (Å²) in [7, 11) is 0. The number of nitrogens with one attached hydrogen (secondary N) is 1. The lowest BCUT2D eigenvalue weighted by molar-refractivity contribution is 0.170. The molecule has 0 bridgehead atoms. The zero-order valence-corrected chi connectivity index (χ0v) is 15.3. The molecule has 0 amide bonds. The first-order valence-corrected chi connectivity index (χ1v) is 9.37. The quantitative estimate of drug-likeness (QED) is 0.720. The van der Waals surface area contributed by atoms with Gasteiger partial charge in [-0.15, -0.1) is 0 Å². The molecule has 0 aliphatic heterocycles. The lowest BCUT2D eigenvalue weighted by Gasteiger charge is -2.37. The Bertz CT molecular complexity index is 431. The zero-order valence-electron chi connectivity index (χ0n) is 13.7. The van der Waals surface area contributed by atoms with Crippen molar-refractivity contribution < 1.29 is 0 Å². The van der Waals surface area contributed by atoms with Crippen LogP contribution in [0, 0.1) is 17.8 Å². The Kier molecular flexibility index (Phi) is 6.75. The number of hydrogen-bond donors (Lipinski definition) is 1. The number of hydrogen-bond acceptors (Lipinski definition) is 1. The first kappa shape index (κ1) is 17.0. The van der Waals surface area contributed by atoms with Gasteiger partial charge in [0.2, 0.25) is 0 Å². The van der Waals surface area contributed by atoms with E-state index in [1.807, 2.05) is 0 Å². The summed E-state index contributed by atoms with van der Waals surface area (Å²) in [4.78, 5) is 0. The van der Waals surface area contributed by atoms with E-state index in [1.165, 1.54) is 35.7 Å². The standard InChI is InChI=1S/C19H30BrN/c1-4-10-21-19(13-16-6-5-7-18(20)12-16)17-9-8-14(2)15(3)11-17/h5-7,12,14-15,17,19,21H,4,8-11,13H2,1-3H3. The van der Waals surface area contributed by atoms with Crippen molar-refractivity contribution in [2.45, 2.75) is 58.9 Å². The largest absolute Gasteiger partial charge is 0.313 e. The minimum absolute atomic E-state index is 0.634. The highest BCUT2D eigenvalue weighted by molar-refractivity contribution is 9.10. The lowest BCUT2D eigenvalue weighted by Crippen LogP contribution is -2.41. The van der Waals surface area contributed by atoms with Gasteiger partial charge >= 0.3 is 0 Å². The highest BCUT2D eigenvalue weighted by atomic mass is 79.9. The fraction of sp³-hybridized carbons (Fsp3) is 0.684. The van der Waals surface area contributed by atoms with Crippen molar-refractivity contribution in [2.75, 3.05) is 6.54 Å². The summed E-state index contributed by atoms with van der Waals surface area (Å²) in [6.07, 6.45) is 6.55. The van der Waals surface area contributed by atoms with Crippen LogP contribution in [0.15, 0.2) is 28.7 Å². The Labute approximate surface area is 139 Å². The highest BCUT2D eigenvalue weighted by Gasteiger charge is 2.29. The van der Waals surface area contributed by atoms with Crippen molar-refractivity contribution in [1.29, 1.82) is 0 Å². The average Bonchev–Trinajstić information content (AvgIpc) is 2.46. The van der Waals surface area contributed by atoms with Crippen molar-refractivity contribution in [1.82, 2.24) is 5.32 Å². The second-order valence-corrected chi connectivity index (χ2v) is 7.84. The van der Waals surface area contributed by atoms with Crippen LogP contribution < -0.4 is 5.32 Å². The molecule has 2 heteroatoms. The number of halogens is 1. The molecule has 0 aromatic heterocycles. The Morgan fingerprint density at radius 2 is 2.05 bits per heavy atom. The van der Waals surface area contributed by atoms with E-state index in [1.54, 1.807) is 0 Å². The minimum Gasteiger partial charge on any atom is -0.313 e. The van der Waals surface area contributed by atoms with Gasteiger partial charge in [0.05, 0.1) is 0 Å². The third-order valence-electron chi connectivity index (χ3n) is 5.21. The SMILES string of the molecule is CCCNC(Cc1cccc(Br)c1)C1CCC(C)C(C)C1. The van der Waals surface area contributed by atoms with Crippen LogP contribution >= 0.6 is 15.9 Å². The van der Waals surface area contributed by atoms with Gasteiger partial charge in [0, 0.05) is 10.5 Å². The van der Waals surface area contributed by atoms with Gasteiger partial charge in [-0.25, -0.2) is 0 Å². The molecule has 1 aromatic carbocycles. The summed E-state index contributed by atoms with van der Waals surface area (Å²) in [6, 6.07) is 9.44. The van der Waals surface area contributed by atoms with E-state index in [-0.39, 0.29) is 0 Å². The second kappa shape index (κ2) is 8.33. The first-order chi connectivity index (χ1) is 10.1. The van der Waals surface area contributed by atoms with E-state index in [9.17, 15) is 0 Å². The molecule has 21 heavy (non-hydrogen) atoms. The third kappa shape index (κ3) is 5.10.